The molecule has 0 spiro atoms. The second-order valence-corrected chi connectivity index (χ2v) is 12.3. The first-order chi connectivity index (χ1) is 25.0. The van der Waals surface area contributed by atoms with E-state index in [1.165, 1.54) is 80.5 Å². The summed E-state index contributed by atoms with van der Waals surface area (Å²) in [5.74, 6) is -4.23. The molecule has 0 aliphatic rings. The standard InChI is InChI=1S/C39H37F3N2O9/c1-6-24(3)52-36(49)38(35(47)48,26-12-8-7-9-13-26)22-51-37(50)53-32-21-30(34(46)44(4)5)31(20-23(32)2)43-33(45)29-15-11-10-14-28(29)25-16-18-27(19-17-25)39(40,41)42/h7-21,24H,6,22H2,1-5H3,(H,43,45)(H,47,48). The predicted octanol–water partition coefficient (Wildman–Crippen LogP) is 7.51. The summed E-state index contributed by atoms with van der Waals surface area (Å²) < 4.78 is 55.4. The van der Waals surface area contributed by atoms with E-state index in [9.17, 15) is 42.3 Å². The number of esters is 1. The van der Waals surface area contributed by atoms with Gasteiger partial charge in [-0.3, -0.25) is 19.2 Å². The Balaban J connectivity index is 1.63. The van der Waals surface area contributed by atoms with E-state index in [0.717, 1.165) is 12.1 Å². The highest BCUT2D eigenvalue weighted by Gasteiger charge is 2.52. The van der Waals surface area contributed by atoms with Crippen LogP contribution in [0.4, 0.5) is 23.7 Å². The van der Waals surface area contributed by atoms with Gasteiger partial charge in [0.05, 0.1) is 22.9 Å². The molecule has 0 radical (unpaired) electrons. The zero-order valence-electron chi connectivity index (χ0n) is 29.4. The van der Waals surface area contributed by atoms with Crippen molar-refractivity contribution in [2.75, 3.05) is 26.0 Å². The Morgan fingerprint density at radius 2 is 1.47 bits per heavy atom. The van der Waals surface area contributed by atoms with Crippen LogP contribution in [0.3, 0.4) is 0 Å². The maximum Gasteiger partial charge on any atom is 0.513 e. The van der Waals surface area contributed by atoms with Crippen molar-refractivity contribution in [3.8, 4) is 16.9 Å². The molecule has 0 bridgehead atoms. The van der Waals surface area contributed by atoms with E-state index in [1.54, 1.807) is 38.1 Å². The van der Waals surface area contributed by atoms with Crippen LogP contribution in [0.1, 0.15) is 57.7 Å². The van der Waals surface area contributed by atoms with Crippen molar-refractivity contribution in [3.63, 3.8) is 0 Å². The molecular weight excluding hydrogens is 697 g/mol. The Morgan fingerprint density at radius 1 is 0.849 bits per heavy atom. The number of carbonyl (C=O) groups is 5. The molecule has 4 aromatic rings. The number of ether oxygens (including phenoxy) is 3. The number of rotatable bonds is 12. The highest BCUT2D eigenvalue weighted by Crippen LogP contribution is 2.34. The quantitative estimate of drug-likeness (QED) is 0.0857. The number of carbonyl (C=O) groups excluding carboxylic acids is 4. The molecule has 0 saturated carbocycles. The van der Waals surface area contributed by atoms with Crippen LogP contribution >= 0.6 is 0 Å². The first kappa shape index (κ1) is 39.6. The summed E-state index contributed by atoms with van der Waals surface area (Å²) in [6, 6.07) is 20.5. The molecule has 14 heteroatoms. The molecule has 2 atom stereocenters. The summed E-state index contributed by atoms with van der Waals surface area (Å²) in [7, 11) is 2.91. The monoisotopic (exact) mass is 734 g/mol. The first-order valence-electron chi connectivity index (χ1n) is 16.3. The Labute approximate surface area is 303 Å². The number of amides is 2. The van der Waals surface area contributed by atoms with Gasteiger partial charge in [0.1, 0.15) is 12.4 Å². The molecule has 11 nitrogen and oxygen atoms in total. The van der Waals surface area contributed by atoms with E-state index in [4.69, 9.17) is 14.2 Å². The predicted molar refractivity (Wildman–Crippen MR) is 188 cm³/mol. The molecule has 53 heavy (non-hydrogen) atoms. The van der Waals surface area contributed by atoms with Gasteiger partial charge < -0.3 is 29.5 Å². The van der Waals surface area contributed by atoms with Gasteiger partial charge in [-0.15, -0.1) is 0 Å². The minimum atomic E-state index is -4.54. The molecule has 4 aromatic carbocycles. The molecule has 2 amide bonds. The fourth-order valence-corrected chi connectivity index (χ4v) is 5.19. The number of hydrogen-bond acceptors (Lipinski definition) is 8. The number of carboxylic acids is 1. The highest BCUT2D eigenvalue weighted by atomic mass is 19.4. The van der Waals surface area contributed by atoms with E-state index >= 15 is 0 Å². The van der Waals surface area contributed by atoms with Crippen molar-refractivity contribution in [1.29, 1.82) is 0 Å². The van der Waals surface area contributed by atoms with Gasteiger partial charge in [0.15, 0.2) is 0 Å². The van der Waals surface area contributed by atoms with Crippen LogP contribution in [-0.4, -0.2) is 66.7 Å². The van der Waals surface area contributed by atoms with Crippen LogP contribution < -0.4 is 10.1 Å². The van der Waals surface area contributed by atoms with Gasteiger partial charge in [0.2, 0.25) is 5.41 Å². The van der Waals surface area contributed by atoms with Crippen molar-refractivity contribution in [2.45, 2.75) is 44.9 Å². The molecular formula is C39H37F3N2O9. The Kier molecular flexibility index (Phi) is 12.3. The lowest BCUT2D eigenvalue weighted by atomic mass is 9.81. The lowest BCUT2D eigenvalue weighted by Gasteiger charge is -2.28. The first-order valence-corrected chi connectivity index (χ1v) is 16.3. The van der Waals surface area contributed by atoms with Crippen LogP contribution in [0.2, 0.25) is 0 Å². The van der Waals surface area contributed by atoms with Crippen LogP contribution in [0.15, 0.2) is 91.0 Å². The van der Waals surface area contributed by atoms with Crippen LogP contribution in [0.25, 0.3) is 11.1 Å². The number of aryl methyl sites for hydroxylation is 1. The van der Waals surface area contributed by atoms with Crippen molar-refractivity contribution in [1.82, 2.24) is 4.90 Å². The summed E-state index contributed by atoms with van der Waals surface area (Å²) in [5, 5.41) is 13.0. The van der Waals surface area contributed by atoms with Crippen molar-refractivity contribution < 1.29 is 56.5 Å². The summed E-state index contributed by atoms with van der Waals surface area (Å²) in [4.78, 5) is 67.2. The van der Waals surface area contributed by atoms with Gasteiger partial charge in [0.25, 0.3) is 11.8 Å². The SMILES string of the molecule is CCC(C)OC(=O)C(COC(=O)Oc1cc(C(=O)N(C)C)c(NC(=O)c2ccccc2-c2ccc(C(F)(F)F)cc2)cc1C)(C(=O)O)c1ccccc1. The van der Waals surface area contributed by atoms with Crippen molar-refractivity contribution in [3.05, 3.63) is 119 Å². The molecule has 0 heterocycles. The third kappa shape index (κ3) is 9.01. The van der Waals surface area contributed by atoms with Gasteiger partial charge in [-0.25, -0.2) is 4.79 Å². The smallest absolute Gasteiger partial charge is 0.480 e. The van der Waals surface area contributed by atoms with E-state index in [-0.39, 0.29) is 33.7 Å². The van der Waals surface area contributed by atoms with Gasteiger partial charge in [-0.05, 0) is 72.9 Å². The highest BCUT2D eigenvalue weighted by molar-refractivity contribution is 6.12. The zero-order valence-corrected chi connectivity index (χ0v) is 29.4. The number of carboxylic acid groups (broad SMARTS) is 1. The summed E-state index contributed by atoms with van der Waals surface area (Å²) in [6.45, 7) is 3.85. The fraction of sp³-hybridized carbons (Fsp3) is 0.256. The largest absolute Gasteiger partial charge is 0.513 e. The number of aliphatic carboxylic acids is 1. The van der Waals surface area contributed by atoms with Crippen molar-refractivity contribution in [2.24, 2.45) is 0 Å². The van der Waals surface area contributed by atoms with Gasteiger partial charge in [0, 0.05) is 19.7 Å². The van der Waals surface area contributed by atoms with Gasteiger partial charge in [-0.2, -0.15) is 13.2 Å². The van der Waals surface area contributed by atoms with E-state index in [2.05, 4.69) is 5.32 Å². The van der Waals surface area contributed by atoms with Gasteiger partial charge >= 0.3 is 24.3 Å². The third-order valence-corrected chi connectivity index (χ3v) is 8.36. The van der Waals surface area contributed by atoms with E-state index in [0.29, 0.717) is 17.5 Å². The Hall–Kier alpha value is -6.18. The summed E-state index contributed by atoms with van der Waals surface area (Å²) >= 11 is 0. The van der Waals surface area contributed by atoms with Crippen LogP contribution in [-0.2, 0) is 30.7 Å². The Bertz CT molecular complexity index is 2000. The molecule has 0 aliphatic heterocycles. The van der Waals surface area contributed by atoms with Crippen LogP contribution in [0.5, 0.6) is 5.75 Å². The summed E-state index contributed by atoms with van der Waals surface area (Å²) in [5.41, 5.74) is -2.34. The number of alkyl halides is 3. The minimum Gasteiger partial charge on any atom is -0.480 e. The summed E-state index contributed by atoms with van der Waals surface area (Å²) in [6.07, 6.45) is -6.17. The normalized spacial score (nSPS) is 12.8. The molecule has 278 valence electrons. The molecule has 4 rings (SSSR count). The number of nitrogens with one attached hydrogen (secondary N) is 1. The third-order valence-electron chi connectivity index (χ3n) is 8.36. The fourth-order valence-electron chi connectivity index (χ4n) is 5.19. The molecule has 0 aromatic heterocycles. The number of halogens is 3. The van der Waals surface area contributed by atoms with E-state index < -0.39 is 59.8 Å². The molecule has 0 fully saturated rings. The van der Waals surface area contributed by atoms with Crippen molar-refractivity contribution >= 4 is 35.6 Å². The lowest BCUT2D eigenvalue weighted by molar-refractivity contribution is -0.167. The zero-order chi connectivity index (χ0) is 39.1. The number of benzene rings is 4. The second kappa shape index (κ2) is 16.4. The second-order valence-electron chi connectivity index (χ2n) is 12.3. The average molecular weight is 735 g/mol. The average Bonchev–Trinajstić information content (AvgIpc) is 3.12. The molecule has 2 unspecified atom stereocenters. The number of nitrogens with zero attached hydrogens (tertiary/aromatic N) is 1. The molecule has 0 saturated heterocycles. The minimum absolute atomic E-state index is 0.00337. The lowest BCUT2D eigenvalue weighted by Crippen LogP contribution is -2.50. The number of anilines is 1. The number of hydrogen-bond donors (Lipinski definition) is 2. The Morgan fingerprint density at radius 3 is 2.06 bits per heavy atom. The molecule has 0 aliphatic carbocycles. The topological polar surface area (TPSA) is 149 Å². The van der Waals surface area contributed by atoms with E-state index in [1.807, 2.05) is 0 Å². The van der Waals surface area contributed by atoms with Crippen LogP contribution in [0, 0.1) is 6.92 Å². The van der Waals surface area contributed by atoms with Gasteiger partial charge in [-0.1, -0.05) is 67.6 Å². The maximum absolute atomic E-state index is 13.6. The molecule has 2 N–H and O–H groups in total. The maximum atomic E-state index is 13.6.